The van der Waals surface area contributed by atoms with E-state index in [0.717, 1.165) is 83.5 Å². The summed E-state index contributed by atoms with van der Waals surface area (Å²) in [4.78, 5) is 25.4. The number of nitrogens with one attached hydrogen (secondary N) is 1. The summed E-state index contributed by atoms with van der Waals surface area (Å²) in [5.41, 5.74) is 0. The van der Waals surface area contributed by atoms with Crippen molar-refractivity contribution in [1.82, 2.24) is 5.32 Å². The number of unbranched alkanes of at least 4 members (excludes halogenated alkanes) is 19. The molecule has 0 aliphatic rings. The lowest BCUT2D eigenvalue weighted by Crippen LogP contribution is -2.46. The number of phosphoric ester groups is 1. The maximum atomic E-state index is 12.9. The molecular weight excluding hydrogens is 744 g/mol. The number of carbonyl (C=O) groups is 1. The molecule has 3 unspecified atom stereocenters. The predicted octanol–water partition coefficient (Wildman–Crippen LogP) is 12.8. The van der Waals surface area contributed by atoms with Crippen molar-refractivity contribution in [3.63, 3.8) is 0 Å². The van der Waals surface area contributed by atoms with Gasteiger partial charge in [0.1, 0.15) is 13.2 Å². The van der Waals surface area contributed by atoms with Gasteiger partial charge in [0.05, 0.1) is 39.9 Å². The maximum Gasteiger partial charge on any atom is 0.268 e. The van der Waals surface area contributed by atoms with Crippen molar-refractivity contribution >= 4 is 13.7 Å². The molecule has 2 N–H and O–H groups in total. The highest BCUT2D eigenvalue weighted by Crippen LogP contribution is 2.38. The summed E-state index contributed by atoms with van der Waals surface area (Å²) >= 11 is 0. The zero-order valence-electron chi connectivity index (χ0n) is 38.2. The Morgan fingerprint density at radius 1 is 0.621 bits per heavy atom. The molecule has 0 fully saturated rings. The molecule has 0 bridgehead atoms. The van der Waals surface area contributed by atoms with Gasteiger partial charge in [-0.1, -0.05) is 190 Å². The highest BCUT2D eigenvalue weighted by atomic mass is 31.2. The number of carbonyl (C=O) groups excluding carboxylic acids is 1. The zero-order valence-corrected chi connectivity index (χ0v) is 39.1. The fourth-order valence-corrected chi connectivity index (χ4v) is 7.26. The molecule has 338 valence electrons. The van der Waals surface area contributed by atoms with Crippen LogP contribution < -0.4 is 10.2 Å². The van der Waals surface area contributed by atoms with Crippen molar-refractivity contribution in [2.45, 2.75) is 206 Å². The number of aliphatic hydroxyl groups excluding tert-OH is 1. The first kappa shape index (κ1) is 56.2. The summed E-state index contributed by atoms with van der Waals surface area (Å²) in [7, 11) is 1.29. The highest BCUT2D eigenvalue weighted by molar-refractivity contribution is 7.45. The fourth-order valence-electron chi connectivity index (χ4n) is 6.54. The van der Waals surface area contributed by atoms with Crippen LogP contribution in [0.3, 0.4) is 0 Å². The van der Waals surface area contributed by atoms with Crippen molar-refractivity contribution in [2.75, 3.05) is 40.9 Å². The van der Waals surface area contributed by atoms with Gasteiger partial charge in [0.2, 0.25) is 5.91 Å². The van der Waals surface area contributed by atoms with E-state index in [4.69, 9.17) is 9.05 Å². The number of quaternary nitrogens is 1. The molecule has 0 aromatic carbocycles. The maximum absolute atomic E-state index is 12.9. The number of rotatable bonds is 42. The van der Waals surface area contributed by atoms with E-state index in [0.29, 0.717) is 23.9 Å². The van der Waals surface area contributed by atoms with Gasteiger partial charge in [0.15, 0.2) is 0 Å². The van der Waals surface area contributed by atoms with E-state index < -0.39 is 20.0 Å². The Bertz CT molecular complexity index is 1130. The molecule has 8 nitrogen and oxygen atoms in total. The third-order valence-corrected chi connectivity index (χ3v) is 11.2. The van der Waals surface area contributed by atoms with Crippen LogP contribution in [0.1, 0.15) is 194 Å². The van der Waals surface area contributed by atoms with Gasteiger partial charge in [-0.05, 0) is 57.8 Å². The minimum atomic E-state index is -4.57. The molecule has 0 spiro atoms. The van der Waals surface area contributed by atoms with Crippen LogP contribution in [0, 0.1) is 0 Å². The van der Waals surface area contributed by atoms with Crippen LogP contribution in [-0.4, -0.2) is 68.5 Å². The number of nitrogens with zero attached hydrogens (tertiary/aromatic N) is 1. The summed E-state index contributed by atoms with van der Waals surface area (Å²) < 4.78 is 23.3. The molecule has 58 heavy (non-hydrogen) atoms. The van der Waals surface area contributed by atoms with E-state index in [9.17, 15) is 19.4 Å². The third-order valence-electron chi connectivity index (χ3n) is 10.3. The molecule has 3 atom stereocenters. The number of hydrogen-bond acceptors (Lipinski definition) is 6. The average Bonchev–Trinajstić information content (AvgIpc) is 3.17. The standard InChI is InChI=1S/C49H91N2O6P/c1-6-8-10-12-14-16-18-20-21-22-23-24-25-26-27-28-29-31-33-35-37-39-41-43-49(53)50-47(46-57-58(54,55)56-45-44-51(3,4)5)48(52)42-40-38-36-34-32-30-19-17-15-13-11-9-7-2/h8,10,14,16,20-21,23-24,26-27,47-48,52H,6-7,9,11-13,15,17-19,22,25,28-46H2,1-5H3,(H-,50,53,54,55)/b10-8-,16-14-,21-20-,24-23-,27-26-. The summed E-state index contributed by atoms with van der Waals surface area (Å²) in [5.74, 6) is -0.179. The topological polar surface area (TPSA) is 108 Å². The molecule has 0 heterocycles. The Morgan fingerprint density at radius 3 is 1.53 bits per heavy atom. The van der Waals surface area contributed by atoms with E-state index in [2.05, 4.69) is 79.9 Å². The van der Waals surface area contributed by atoms with Gasteiger partial charge in [0, 0.05) is 6.42 Å². The fraction of sp³-hybridized carbons (Fsp3) is 0.776. The Hall–Kier alpha value is -1.80. The smallest absolute Gasteiger partial charge is 0.268 e. The molecule has 0 aromatic rings. The van der Waals surface area contributed by atoms with Crippen LogP contribution in [-0.2, 0) is 18.4 Å². The lowest BCUT2D eigenvalue weighted by molar-refractivity contribution is -0.870. The van der Waals surface area contributed by atoms with Crippen LogP contribution in [0.25, 0.3) is 0 Å². The quantitative estimate of drug-likeness (QED) is 0.0274. The lowest BCUT2D eigenvalue weighted by Gasteiger charge is -2.30. The number of amides is 1. The summed E-state index contributed by atoms with van der Waals surface area (Å²) in [6, 6.07) is -0.808. The zero-order chi connectivity index (χ0) is 42.8. The summed E-state index contributed by atoms with van der Waals surface area (Å²) in [5, 5.41) is 13.9. The molecule has 0 aromatic heterocycles. The molecule has 0 aliphatic carbocycles. The van der Waals surface area contributed by atoms with Crippen molar-refractivity contribution in [3.8, 4) is 0 Å². The Morgan fingerprint density at radius 2 is 1.05 bits per heavy atom. The van der Waals surface area contributed by atoms with Crippen LogP contribution in [0.5, 0.6) is 0 Å². The molecule has 0 aliphatic heterocycles. The minimum Gasteiger partial charge on any atom is -0.756 e. The lowest BCUT2D eigenvalue weighted by atomic mass is 10.0. The first-order chi connectivity index (χ1) is 28.0. The predicted molar refractivity (Wildman–Crippen MR) is 247 cm³/mol. The second kappa shape index (κ2) is 40.6. The van der Waals surface area contributed by atoms with Crippen molar-refractivity contribution < 1.29 is 32.9 Å². The normalized spacial score (nSPS) is 14.8. The molecular formula is C49H91N2O6P. The Labute approximate surface area is 358 Å². The van der Waals surface area contributed by atoms with Gasteiger partial charge < -0.3 is 28.8 Å². The third kappa shape index (κ3) is 42.3. The number of allylic oxidation sites excluding steroid dienone is 10. The molecule has 1 amide bonds. The van der Waals surface area contributed by atoms with Crippen molar-refractivity contribution in [2.24, 2.45) is 0 Å². The van der Waals surface area contributed by atoms with E-state index >= 15 is 0 Å². The van der Waals surface area contributed by atoms with Gasteiger partial charge in [-0.3, -0.25) is 9.36 Å². The van der Waals surface area contributed by atoms with Gasteiger partial charge in [-0.2, -0.15) is 0 Å². The van der Waals surface area contributed by atoms with Crippen molar-refractivity contribution in [1.29, 1.82) is 0 Å². The number of aliphatic hydroxyl groups is 1. The van der Waals surface area contributed by atoms with Crippen LogP contribution >= 0.6 is 7.82 Å². The van der Waals surface area contributed by atoms with Gasteiger partial charge in [0.25, 0.3) is 7.82 Å². The SMILES string of the molecule is CC/C=C\C/C=C\C/C=C\C/C=C\C/C=C\CCCCCCCCCC(=O)NC(COP(=O)([O-])OCC[N+](C)(C)C)C(O)CCCCCCCCCCCCCCC. The van der Waals surface area contributed by atoms with Gasteiger partial charge >= 0.3 is 0 Å². The minimum absolute atomic E-state index is 0.00706. The van der Waals surface area contributed by atoms with Gasteiger partial charge in [-0.15, -0.1) is 0 Å². The summed E-state index contributed by atoms with van der Waals surface area (Å²) in [6.07, 6.45) is 52.2. The van der Waals surface area contributed by atoms with Crippen LogP contribution in [0.4, 0.5) is 0 Å². The molecule has 0 saturated heterocycles. The van der Waals surface area contributed by atoms with E-state index in [1.54, 1.807) is 0 Å². The second-order valence-corrected chi connectivity index (χ2v) is 18.5. The average molecular weight is 835 g/mol. The summed E-state index contributed by atoms with van der Waals surface area (Å²) in [6.45, 7) is 4.58. The van der Waals surface area contributed by atoms with Crippen LogP contribution in [0.15, 0.2) is 60.8 Å². The Balaban J connectivity index is 4.31. The first-order valence-electron chi connectivity index (χ1n) is 23.6. The van der Waals surface area contributed by atoms with E-state index in [1.165, 1.54) is 83.5 Å². The number of hydrogen-bond donors (Lipinski definition) is 2. The molecule has 0 radical (unpaired) electrons. The number of likely N-dealkylation sites (N-methyl/N-ethyl adjacent to an activating group) is 1. The first-order valence-corrected chi connectivity index (χ1v) is 25.1. The van der Waals surface area contributed by atoms with E-state index in [-0.39, 0.29) is 19.1 Å². The van der Waals surface area contributed by atoms with Crippen LogP contribution in [0.2, 0.25) is 0 Å². The second-order valence-electron chi connectivity index (χ2n) is 17.1. The highest BCUT2D eigenvalue weighted by Gasteiger charge is 2.24. The van der Waals surface area contributed by atoms with Crippen molar-refractivity contribution in [3.05, 3.63) is 60.8 Å². The Kier molecular flexibility index (Phi) is 39.3. The molecule has 0 saturated carbocycles. The largest absolute Gasteiger partial charge is 0.756 e. The number of phosphoric acid groups is 1. The van der Waals surface area contributed by atoms with Gasteiger partial charge in [-0.25, -0.2) is 0 Å². The molecule has 0 rings (SSSR count). The monoisotopic (exact) mass is 835 g/mol. The molecule has 9 heteroatoms. The van der Waals surface area contributed by atoms with E-state index in [1.807, 2.05) is 21.1 Å².